The fourth-order valence-corrected chi connectivity index (χ4v) is 2.74. The molecule has 0 aliphatic carbocycles. The maximum atomic E-state index is 9.16. The topological polar surface area (TPSA) is 46.2 Å². The minimum atomic E-state index is -0.346. The van der Waals surface area contributed by atoms with Crippen molar-refractivity contribution in [3.63, 3.8) is 0 Å². The molecule has 0 bridgehead atoms. The van der Waals surface area contributed by atoms with Crippen LogP contribution < -0.4 is 5.73 Å². The van der Waals surface area contributed by atoms with Gasteiger partial charge in [-0.1, -0.05) is 41.6 Å². The molecule has 0 heterocycles. The molecular formula is C14H14ClNOS. The van der Waals surface area contributed by atoms with Gasteiger partial charge >= 0.3 is 0 Å². The van der Waals surface area contributed by atoms with Gasteiger partial charge in [0, 0.05) is 14.8 Å². The smallest absolute Gasteiger partial charge is 0.0624 e. The Balaban J connectivity index is 2.26. The summed E-state index contributed by atoms with van der Waals surface area (Å²) in [5.41, 5.74) is 6.85. The SMILES string of the molecule is N[C@@H](CO)c1ccccc1Sc1ccc(Cl)cc1. The number of aliphatic hydroxyl groups excluding tert-OH is 1. The maximum Gasteiger partial charge on any atom is 0.0624 e. The van der Waals surface area contributed by atoms with Crippen LogP contribution in [0.4, 0.5) is 0 Å². The van der Waals surface area contributed by atoms with Crippen molar-refractivity contribution < 1.29 is 5.11 Å². The molecule has 0 radical (unpaired) electrons. The Labute approximate surface area is 116 Å². The van der Waals surface area contributed by atoms with E-state index in [4.69, 9.17) is 22.4 Å². The monoisotopic (exact) mass is 279 g/mol. The summed E-state index contributed by atoms with van der Waals surface area (Å²) in [5.74, 6) is 0. The van der Waals surface area contributed by atoms with Crippen LogP contribution in [0.1, 0.15) is 11.6 Å². The zero-order valence-corrected chi connectivity index (χ0v) is 11.3. The highest BCUT2D eigenvalue weighted by atomic mass is 35.5. The van der Waals surface area contributed by atoms with Crippen molar-refractivity contribution in [1.82, 2.24) is 0 Å². The van der Waals surface area contributed by atoms with Crippen molar-refractivity contribution in [3.8, 4) is 0 Å². The van der Waals surface area contributed by atoms with Gasteiger partial charge in [-0.05, 0) is 35.9 Å². The highest BCUT2D eigenvalue weighted by Crippen LogP contribution is 2.33. The van der Waals surface area contributed by atoms with Crippen molar-refractivity contribution in [2.45, 2.75) is 15.8 Å². The molecule has 2 nitrogen and oxygen atoms in total. The zero-order valence-electron chi connectivity index (χ0n) is 9.71. The second-order valence-electron chi connectivity index (χ2n) is 3.88. The van der Waals surface area contributed by atoms with Gasteiger partial charge in [-0.15, -0.1) is 0 Å². The Morgan fingerprint density at radius 1 is 1.11 bits per heavy atom. The summed E-state index contributed by atoms with van der Waals surface area (Å²) in [6.07, 6.45) is 0. The maximum absolute atomic E-state index is 9.16. The Bertz CT molecular complexity index is 515. The molecule has 0 aromatic heterocycles. The molecule has 0 aliphatic heterocycles. The van der Waals surface area contributed by atoms with Crippen LogP contribution >= 0.6 is 23.4 Å². The molecule has 2 aromatic carbocycles. The lowest BCUT2D eigenvalue weighted by molar-refractivity contribution is 0.267. The first-order chi connectivity index (χ1) is 8.70. The van der Waals surface area contributed by atoms with E-state index < -0.39 is 0 Å². The van der Waals surface area contributed by atoms with Gasteiger partial charge in [0.15, 0.2) is 0 Å². The minimum absolute atomic E-state index is 0.0574. The van der Waals surface area contributed by atoms with Gasteiger partial charge in [0.1, 0.15) is 0 Å². The van der Waals surface area contributed by atoms with E-state index in [9.17, 15) is 0 Å². The average molecular weight is 280 g/mol. The summed E-state index contributed by atoms with van der Waals surface area (Å²) in [4.78, 5) is 2.15. The molecule has 0 spiro atoms. The van der Waals surface area contributed by atoms with Crippen molar-refractivity contribution in [3.05, 3.63) is 59.1 Å². The van der Waals surface area contributed by atoms with Gasteiger partial charge in [0.25, 0.3) is 0 Å². The summed E-state index contributed by atoms with van der Waals surface area (Å²) in [7, 11) is 0. The quantitative estimate of drug-likeness (QED) is 0.901. The standard InChI is InChI=1S/C14H14ClNOS/c15-10-5-7-11(8-6-10)18-14-4-2-1-3-12(14)13(16)9-17/h1-8,13,17H,9,16H2/t13-/m0/s1. The number of halogens is 1. The van der Waals surface area contributed by atoms with Gasteiger partial charge in [0.05, 0.1) is 12.6 Å². The Morgan fingerprint density at radius 3 is 2.44 bits per heavy atom. The van der Waals surface area contributed by atoms with Crippen LogP contribution in [-0.2, 0) is 0 Å². The Kier molecular flexibility index (Phi) is 4.66. The number of hydrogen-bond donors (Lipinski definition) is 2. The van der Waals surface area contributed by atoms with E-state index in [1.54, 1.807) is 11.8 Å². The summed E-state index contributed by atoms with van der Waals surface area (Å²) < 4.78 is 0. The fourth-order valence-electron chi connectivity index (χ4n) is 1.61. The fraction of sp³-hybridized carbons (Fsp3) is 0.143. The third kappa shape index (κ3) is 3.27. The first-order valence-electron chi connectivity index (χ1n) is 5.59. The summed E-state index contributed by atoms with van der Waals surface area (Å²) in [6.45, 7) is -0.0574. The Hall–Kier alpha value is -1.00. The van der Waals surface area contributed by atoms with Crippen LogP contribution in [0.25, 0.3) is 0 Å². The predicted molar refractivity (Wildman–Crippen MR) is 76.0 cm³/mol. The first kappa shape index (κ1) is 13.4. The molecule has 0 unspecified atom stereocenters. The molecule has 0 saturated heterocycles. The lowest BCUT2D eigenvalue weighted by Crippen LogP contribution is -2.15. The molecular weight excluding hydrogens is 266 g/mol. The van der Waals surface area contributed by atoms with Gasteiger partial charge in [-0.2, -0.15) is 0 Å². The van der Waals surface area contributed by atoms with Gasteiger partial charge in [-0.25, -0.2) is 0 Å². The van der Waals surface area contributed by atoms with Crippen LogP contribution in [-0.4, -0.2) is 11.7 Å². The predicted octanol–water partition coefficient (Wildman–Crippen LogP) is 3.48. The molecule has 3 N–H and O–H groups in total. The number of rotatable bonds is 4. The molecule has 0 aliphatic rings. The van der Waals surface area contributed by atoms with Crippen LogP contribution in [0.15, 0.2) is 58.3 Å². The molecule has 2 aromatic rings. The van der Waals surface area contributed by atoms with E-state index in [1.807, 2.05) is 48.5 Å². The molecule has 0 saturated carbocycles. The molecule has 18 heavy (non-hydrogen) atoms. The van der Waals surface area contributed by atoms with Crippen LogP contribution in [0.2, 0.25) is 5.02 Å². The third-order valence-electron chi connectivity index (χ3n) is 2.56. The first-order valence-corrected chi connectivity index (χ1v) is 6.79. The second kappa shape index (κ2) is 6.25. The van der Waals surface area contributed by atoms with E-state index in [0.717, 1.165) is 20.4 Å². The lowest BCUT2D eigenvalue weighted by atomic mass is 10.1. The van der Waals surface area contributed by atoms with Gasteiger partial charge in [0.2, 0.25) is 0 Å². The number of benzene rings is 2. The second-order valence-corrected chi connectivity index (χ2v) is 5.43. The van der Waals surface area contributed by atoms with Crippen LogP contribution in [0, 0.1) is 0 Å². The van der Waals surface area contributed by atoms with E-state index >= 15 is 0 Å². The minimum Gasteiger partial charge on any atom is -0.394 e. The van der Waals surface area contributed by atoms with Crippen molar-refractivity contribution in [2.24, 2.45) is 5.73 Å². The number of nitrogens with two attached hydrogens (primary N) is 1. The van der Waals surface area contributed by atoms with Crippen LogP contribution in [0.3, 0.4) is 0 Å². The summed E-state index contributed by atoms with van der Waals surface area (Å²) >= 11 is 7.47. The molecule has 0 fully saturated rings. The highest BCUT2D eigenvalue weighted by molar-refractivity contribution is 7.99. The molecule has 2 rings (SSSR count). The molecule has 4 heteroatoms. The van der Waals surface area contributed by atoms with Gasteiger partial charge in [-0.3, -0.25) is 0 Å². The van der Waals surface area contributed by atoms with Crippen molar-refractivity contribution >= 4 is 23.4 Å². The summed E-state index contributed by atoms with van der Waals surface area (Å²) in [6, 6.07) is 15.1. The summed E-state index contributed by atoms with van der Waals surface area (Å²) in [5, 5.41) is 9.89. The molecule has 1 atom stereocenters. The van der Waals surface area contributed by atoms with E-state index in [-0.39, 0.29) is 12.6 Å². The Morgan fingerprint density at radius 2 is 1.78 bits per heavy atom. The normalized spacial score (nSPS) is 12.4. The molecule has 94 valence electrons. The van der Waals surface area contributed by atoms with E-state index in [2.05, 4.69) is 0 Å². The van der Waals surface area contributed by atoms with E-state index in [1.165, 1.54) is 0 Å². The molecule has 0 amide bonds. The zero-order chi connectivity index (χ0) is 13.0. The third-order valence-corrected chi connectivity index (χ3v) is 3.91. The van der Waals surface area contributed by atoms with Crippen molar-refractivity contribution in [2.75, 3.05) is 6.61 Å². The van der Waals surface area contributed by atoms with Crippen molar-refractivity contribution in [1.29, 1.82) is 0 Å². The average Bonchev–Trinajstić information content (AvgIpc) is 2.41. The van der Waals surface area contributed by atoms with Gasteiger partial charge < -0.3 is 10.8 Å². The lowest BCUT2D eigenvalue weighted by Gasteiger charge is -2.13. The number of aliphatic hydroxyl groups is 1. The van der Waals surface area contributed by atoms with Crippen LogP contribution in [0.5, 0.6) is 0 Å². The highest BCUT2D eigenvalue weighted by Gasteiger charge is 2.10. The number of hydrogen-bond acceptors (Lipinski definition) is 3. The van der Waals surface area contributed by atoms with E-state index in [0.29, 0.717) is 0 Å². The largest absolute Gasteiger partial charge is 0.394 e.